The number of sulfone groups is 1. The van der Waals surface area contributed by atoms with Crippen molar-refractivity contribution in [2.45, 2.75) is 17.6 Å². The molecule has 0 aromatic heterocycles. The fourth-order valence-corrected chi connectivity index (χ4v) is 3.61. The van der Waals surface area contributed by atoms with Crippen LogP contribution in [0, 0.1) is 11.2 Å². The number of benzene rings is 2. The van der Waals surface area contributed by atoms with Gasteiger partial charge in [-0.2, -0.15) is 0 Å². The highest BCUT2D eigenvalue weighted by atomic mass is 32.2. The average Bonchev–Trinajstić information content (AvgIpc) is 2.85. The first-order valence-electron chi connectivity index (χ1n) is 7.80. The first kappa shape index (κ1) is 18.3. The molecule has 5 nitrogen and oxygen atoms in total. The Morgan fingerprint density at radius 3 is 2.31 bits per heavy atom. The molecule has 0 aliphatic carbocycles. The van der Waals surface area contributed by atoms with Gasteiger partial charge in [0, 0.05) is 25.9 Å². The molecule has 26 heavy (non-hydrogen) atoms. The van der Waals surface area contributed by atoms with Crippen molar-refractivity contribution in [3.8, 4) is 0 Å². The highest BCUT2D eigenvalue weighted by molar-refractivity contribution is 7.90. The Morgan fingerprint density at radius 1 is 1.12 bits per heavy atom. The molecule has 1 aliphatic heterocycles. The molecule has 0 spiro atoms. The van der Waals surface area contributed by atoms with Gasteiger partial charge in [-0.1, -0.05) is 24.3 Å². The highest BCUT2D eigenvalue weighted by Gasteiger charge is 2.43. The number of ether oxygens (including phenoxy) is 2. The van der Waals surface area contributed by atoms with Crippen LogP contribution in [0.15, 0.2) is 53.4 Å². The molecule has 0 saturated heterocycles. The van der Waals surface area contributed by atoms with E-state index in [4.69, 9.17) is 14.9 Å². The number of hydrogen-bond acceptors (Lipinski definition) is 5. The predicted octanol–water partition coefficient (Wildman–Crippen LogP) is 3.51. The molecule has 136 valence electrons. The van der Waals surface area contributed by atoms with E-state index < -0.39 is 21.4 Å². The van der Waals surface area contributed by atoms with Crippen LogP contribution in [0.25, 0.3) is 11.1 Å². The van der Waals surface area contributed by atoms with Crippen LogP contribution in [0.4, 0.5) is 4.39 Å². The summed E-state index contributed by atoms with van der Waals surface area (Å²) in [6, 6.07) is 12.1. The highest BCUT2D eigenvalue weighted by Crippen LogP contribution is 2.44. The van der Waals surface area contributed by atoms with Crippen LogP contribution in [0.5, 0.6) is 0 Å². The van der Waals surface area contributed by atoms with Crippen molar-refractivity contribution >= 4 is 26.9 Å². The molecule has 3 rings (SSSR count). The number of methoxy groups -OCH3 is 1. The normalized spacial score (nSPS) is 20.4. The van der Waals surface area contributed by atoms with Crippen LogP contribution in [0.3, 0.4) is 0 Å². The standard InChI is InChI=1S/C19H18FNO4S/c1-19(24-2)17(12-7-9-15(10-8-12)26(3,22)23)16(18(21)25-19)13-5-4-6-14(20)11-13/h4-11,21H,1-3H3. The van der Waals surface area contributed by atoms with Gasteiger partial charge in [-0.3, -0.25) is 5.41 Å². The molecule has 1 N–H and O–H groups in total. The molecular weight excluding hydrogens is 357 g/mol. The van der Waals surface area contributed by atoms with Crippen molar-refractivity contribution in [2.75, 3.05) is 13.4 Å². The smallest absolute Gasteiger partial charge is 0.237 e. The Kier molecular flexibility index (Phi) is 4.46. The Bertz CT molecular complexity index is 1010. The number of hydrogen-bond donors (Lipinski definition) is 1. The van der Waals surface area contributed by atoms with E-state index in [9.17, 15) is 12.8 Å². The van der Waals surface area contributed by atoms with E-state index in [-0.39, 0.29) is 10.8 Å². The van der Waals surface area contributed by atoms with E-state index >= 15 is 0 Å². The lowest BCUT2D eigenvalue weighted by molar-refractivity contribution is -0.103. The maximum Gasteiger partial charge on any atom is 0.237 e. The summed E-state index contributed by atoms with van der Waals surface area (Å²) in [5, 5.41) is 8.22. The van der Waals surface area contributed by atoms with Gasteiger partial charge < -0.3 is 9.47 Å². The Morgan fingerprint density at radius 2 is 1.77 bits per heavy atom. The number of halogens is 1. The van der Waals surface area contributed by atoms with E-state index in [1.165, 1.54) is 31.4 Å². The van der Waals surface area contributed by atoms with Crippen LogP contribution >= 0.6 is 0 Å². The first-order valence-corrected chi connectivity index (χ1v) is 9.69. The summed E-state index contributed by atoms with van der Waals surface area (Å²) in [6.07, 6.45) is 1.13. The second kappa shape index (κ2) is 6.34. The third-order valence-electron chi connectivity index (χ3n) is 4.30. The predicted molar refractivity (Wildman–Crippen MR) is 97.0 cm³/mol. The maximum absolute atomic E-state index is 13.7. The van der Waals surface area contributed by atoms with Crippen molar-refractivity contribution in [2.24, 2.45) is 0 Å². The summed E-state index contributed by atoms with van der Waals surface area (Å²) >= 11 is 0. The third kappa shape index (κ3) is 3.15. The molecule has 1 unspecified atom stereocenters. The van der Waals surface area contributed by atoms with Crippen molar-refractivity contribution < 1.29 is 22.3 Å². The second-order valence-corrected chi connectivity index (χ2v) is 8.15. The lowest BCUT2D eigenvalue weighted by Crippen LogP contribution is -2.29. The number of rotatable bonds is 4. The molecule has 0 radical (unpaired) electrons. The molecule has 1 heterocycles. The minimum atomic E-state index is -3.33. The molecule has 0 saturated carbocycles. The van der Waals surface area contributed by atoms with Crippen LogP contribution < -0.4 is 0 Å². The molecule has 1 atom stereocenters. The van der Waals surface area contributed by atoms with Crippen LogP contribution in [0.2, 0.25) is 0 Å². The van der Waals surface area contributed by atoms with Crippen LogP contribution in [-0.4, -0.2) is 33.5 Å². The van der Waals surface area contributed by atoms with E-state index in [0.29, 0.717) is 22.3 Å². The summed E-state index contributed by atoms with van der Waals surface area (Å²) in [5.41, 5.74) is 2.05. The third-order valence-corrected chi connectivity index (χ3v) is 5.43. The lowest BCUT2D eigenvalue weighted by atomic mass is 9.91. The van der Waals surface area contributed by atoms with Gasteiger partial charge in [0.15, 0.2) is 9.84 Å². The molecular formula is C19H18FNO4S. The van der Waals surface area contributed by atoms with E-state index in [1.807, 2.05) is 0 Å². The van der Waals surface area contributed by atoms with E-state index in [0.717, 1.165) is 6.26 Å². The van der Waals surface area contributed by atoms with Gasteiger partial charge in [-0.05, 0) is 35.4 Å². The zero-order valence-corrected chi connectivity index (χ0v) is 15.4. The molecule has 1 aliphatic rings. The topological polar surface area (TPSA) is 76.5 Å². The zero-order valence-electron chi connectivity index (χ0n) is 14.5. The van der Waals surface area contributed by atoms with Gasteiger partial charge in [-0.15, -0.1) is 0 Å². The second-order valence-electron chi connectivity index (χ2n) is 6.14. The van der Waals surface area contributed by atoms with Gasteiger partial charge in [-0.25, -0.2) is 12.8 Å². The molecule has 2 aromatic carbocycles. The molecule has 0 bridgehead atoms. The zero-order chi connectivity index (χ0) is 19.1. The van der Waals surface area contributed by atoms with E-state index in [2.05, 4.69) is 0 Å². The quantitative estimate of drug-likeness (QED) is 0.887. The minimum Gasteiger partial charge on any atom is -0.441 e. The Labute approximate surface area is 151 Å². The molecule has 0 amide bonds. The van der Waals surface area contributed by atoms with Crippen molar-refractivity contribution in [1.29, 1.82) is 5.41 Å². The molecule has 7 heteroatoms. The average molecular weight is 375 g/mol. The van der Waals surface area contributed by atoms with Crippen molar-refractivity contribution in [3.63, 3.8) is 0 Å². The SMILES string of the molecule is COC1(C)OC(=N)C(c2cccc(F)c2)=C1c1ccc(S(C)(=O)=O)cc1. The van der Waals surface area contributed by atoms with Gasteiger partial charge in [0.25, 0.3) is 0 Å². The minimum absolute atomic E-state index is 0.137. The summed E-state index contributed by atoms with van der Waals surface area (Å²) in [6.45, 7) is 1.66. The summed E-state index contributed by atoms with van der Waals surface area (Å²) in [5.74, 6) is -1.81. The fraction of sp³-hybridized carbons (Fsp3) is 0.211. The fourth-order valence-electron chi connectivity index (χ4n) is 2.98. The summed E-state index contributed by atoms with van der Waals surface area (Å²) in [4.78, 5) is 0.183. The van der Waals surface area contributed by atoms with Gasteiger partial charge >= 0.3 is 0 Å². The largest absolute Gasteiger partial charge is 0.441 e. The Balaban J connectivity index is 2.25. The van der Waals surface area contributed by atoms with Crippen LogP contribution in [-0.2, 0) is 19.3 Å². The monoisotopic (exact) mass is 375 g/mol. The number of nitrogens with one attached hydrogen (secondary N) is 1. The van der Waals surface area contributed by atoms with Crippen LogP contribution in [0.1, 0.15) is 18.1 Å². The lowest BCUT2D eigenvalue weighted by Gasteiger charge is -2.25. The maximum atomic E-state index is 13.7. The van der Waals surface area contributed by atoms with Crippen molar-refractivity contribution in [3.05, 3.63) is 65.5 Å². The van der Waals surface area contributed by atoms with Gasteiger partial charge in [0.05, 0.1) is 10.5 Å². The first-order chi connectivity index (χ1) is 12.2. The molecule has 2 aromatic rings. The van der Waals surface area contributed by atoms with E-state index in [1.54, 1.807) is 31.2 Å². The summed E-state index contributed by atoms with van der Waals surface area (Å²) < 4.78 is 48.2. The van der Waals surface area contributed by atoms with Gasteiger partial charge in [0.2, 0.25) is 11.7 Å². The van der Waals surface area contributed by atoms with Gasteiger partial charge in [0.1, 0.15) is 5.82 Å². The van der Waals surface area contributed by atoms with Crippen molar-refractivity contribution in [1.82, 2.24) is 0 Å². The Hall–Kier alpha value is -2.51. The summed E-state index contributed by atoms with van der Waals surface area (Å²) in [7, 11) is -1.88. The molecule has 0 fully saturated rings.